The Labute approximate surface area is 120 Å². The van der Waals surface area contributed by atoms with Gasteiger partial charge in [-0.1, -0.05) is 52.5 Å². The van der Waals surface area contributed by atoms with Crippen molar-refractivity contribution in [3.63, 3.8) is 0 Å². The van der Waals surface area contributed by atoms with Gasteiger partial charge in [-0.15, -0.1) is 6.58 Å². The molecule has 0 aromatic carbocycles. The predicted molar refractivity (Wildman–Crippen MR) is 84.1 cm³/mol. The molecule has 2 nitrogen and oxygen atoms in total. The fraction of sp³-hybridized carbons (Fsp3) is 0.824. The Balaban J connectivity index is 4.72. The van der Waals surface area contributed by atoms with E-state index in [-0.39, 0.29) is 5.54 Å². The van der Waals surface area contributed by atoms with Gasteiger partial charge in [-0.05, 0) is 38.0 Å². The number of rotatable bonds is 12. The van der Waals surface area contributed by atoms with Gasteiger partial charge in [-0.25, -0.2) is 0 Å². The zero-order chi connectivity index (χ0) is 14.7. The maximum absolute atomic E-state index is 10.9. The molecule has 2 atom stereocenters. The average Bonchev–Trinajstić information content (AvgIpc) is 2.37. The van der Waals surface area contributed by atoms with Crippen molar-refractivity contribution in [2.45, 2.75) is 78.2 Å². The summed E-state index contributed by atoms with van der Waals surface area (Å²) < 4.78 is 0. The van der Waals surface area contributed by atoms with Crippen LogP contribution in [0.3, 0.4) is 0 Å². The lowest BCUT2D eigenvalue weighted by atomic mass is 9.78. The molecule has 0 bridgehead atoms. The molecule has 1 amide bonds. The Bertz CT molecular complexity index is 246. The molecule has 2 heteroatoms. The van der Waals surface area contributed by atoms with Crippen molar-refractivity contribution >= 4 is 6.41 Å². The molecule has 0 fully saturated rings. The van der Waals surface area contributed by atoms with Crippen molar-refractivity contribution in [1.29, 1.82) is 0 Å². The molecule has 19 heavy (non-hydrogen) atoms. The van der Waals surface area contributed by atoms with Crippen LogP contribution in [-0.4, -0.2) is 11.9 Å². The molecule has 0 aliphatic carbocycles. The van der Waals surface area contributed by atoms with Crippen molar-refractivity contribution in [1.82, 2.24) is 5.32 Å². The normalized spacial score (nSPS) is 15.8. The monoisotopic (exact) mass is 267 g/mol. The molecule has 1 N–H and O–H groups in total. The molecular weight excluding hydrogens is 234 g/mol. The van der Waals surface area contributed by atoms with E-state index < -0.39 is 0 Å². The third kappa shape index (κ3) is 7.39. The third-order valence-electron chi connectivity index (χ3n) is 4.11. The van der Waals surface area contributed by atoms with E-state index >= 15 is 0 Å². The summed E-state index contributed by atoms with van der Waals surface area (Å²) in [5.41, 5.74) is -0.0916. The van der Waals surface area contributed by atoms with Crippen LogP contribution in [0.15, 0.2) is 12.7 Å². The van der Waals surface area contributed by atoms with Gasteiger partial charge in [0, 0.05) is 5.54 Å². The van der Waals surface area contributed by atoms with Crippen LogP contribution in [0.4, 0.5) is 0 Å². The van der Waals surface area contributed by atoms with Crippen LogP contribution in [0.5, 0.6) is 0 Å². The molecular formula is C17H33NO. The lowest BCUT2D eigenvalue weighted by molar-refractivity contribution is -0.111. The molecule has 0 saturated heterocycles. The van der Waals surface area contributed by atoms with Crippen molar-refractivity contribution in [3.8, 4) is 0 Å². The first-order valence-corrected chi connectivity index (χ1v) is 7.89. The SMILES string of the molecule is C=CC(CC)CC(C)(CC(CCC)CCC)NC=O. The minimum absolute atomic E-state index is 0.0916. The fourth-order valence-corrected chi connectivity index (χ4v) is 3.12. The highest BCUT2D eigenvalue weighted by molar-refractivity contribution is 5.47. The van der Waals surface area contributed by atoms with Gasteiger partial charge in [0.05, 0.1) is 0 Å². The molecule has 0 spiro atoms. The lowest BCUT2D eigenvalue weighted by Gasteiger charge is -2.35. The zero-order valence-corrected chi connectivity index (χ0v) is 13.4. The summed E-state index contributed by atoms with van der Waals surface area (Å²) in [5.74, 6) is 1.20. The van der Waals surface area contributed by atoms with Crippen molar-refractivity contribution in [2.75, 3.05) is 0 Å². The number of nitrogens with one attached hydrogen (secondary N) is 1. The number of hydrogen-bond donors (Lipinski definition) is 1. The summed E-state index contributed by atoms with van der Waals surface area (Å²) >= 11 is 0. The summed E-state index contributed by atoms with van der Waals surface area (Å²) in [6, 6.07) is 0. The number of allylic oxidation sites excluding steroid dienone is 1. The second-order valence-electron chi connectivity index (χ2n) is 6.08. The average molecular weight is 267 g/mol. The maximum Gasteiger partial charge on any atom is 0.207 e. The Morgan fingerprint density at radius 1 is 1.16 bits per heavy atom. The zero-order valence-electron chi connectivity index (χ0n) is 13.4. The van der Waals surface area contributed by atoms with Gasteiger partial charge in [-0.3, -0.25) is 4.79 Å². The highest BCUT2D eigenvalue weighted by atomic mass is 16.1. The van der Waals surface area contributed by atoms with E-state index in [1.807, 2.05) is 6.08 Å². The minimum atomic E-state index is -0.0916. The maximum atomic E-state index is 10.9. The van der Waals surface area contributed by atoms with Gasteiger partial charge in [0.2, 0.25) is 6.41 Å². The second kappa shape index (κ2) is 10.1. The molecule has 0 aromatic heterocycles. The molecule has 0 aliphatic heterocycles. The van der Waals surface area contributed by atoms with Crippen LogP contribution in [0.1, 0.15) is 72.6 Å². The van der Waals surface area contributed by atoms with E-state index in [9.17, 15) is 4.79 Å². The topological polar surface area (TPSA) is 29.1 Å². The molecule has 0 rings (SSSR count). The first-order valence-electron chi connectivity index (χ1n) is 7.89. The summed E-state index contributed by atoms with van der Waals surface area (Å²) in [6.07, 6.45) is 11.0. The highest BCUT2D eigenvalue weighted by Crippen LogP contribution is 2.30. The van der Waals surface area contributed by atoms with Gasteiger partial charge >= 0.3 is 0 Å². The number of carbonyl (C=O) groups is 1. The van der Waals surface area contributed by atoms with Crippen LogP contribution < -0.4 is 5.32 Å². The van der Waals surface area contributed by atoms with Gasteiger partial charge in [-0.2, -0.15) is 0 Å². The lowest BCUT2D eigenvalue weighted by Crippen LogP contribution is -2.44. The smallest absolute Gasteiger partial charge is 0.207 e. The van der Waals surface area contributed by atoms with Gasteiger partial charge in [0.15, 0.2) is 0 Å². The van der Waals surface area contributed by atoms with E-state index in [1.165, 1.54) is 25.7 Å². The molecule has 0 heterocycles. The van der Waals surface area contributed by atoms with Crippen molar-refractivity contribution in [3.05, 3.63) is 12.7 Å². The van der Waals surface area contributed by atoms with E-state index in [0.717, 1.165) is 31.6 Å². The van der Waals surface area contributed by atoms with E-state index in [1.54, 1.807) is 0 Å². The third-order valence-corrected chi connectivity index (χ3v) is 4.11. The van der Waals surface area contributed by atoms with E-state index in [2.05, 4.69) is 39.6 Å². The minimum Gasteiger partial charge on any atom is -0.353 e. The van der Waals surface area contributed by atoms with E-state index in [0.29, 0.717) is 5.92 Å². The second-order valence-corrected chi connectivity index (χ2v) is 6.08. The largest absolute Gasteiger partial charge is 0.353 e. The highest BCUT2D eigenvalue weighted by Gasteiger charge is 2.29. The van der Waals surface area contributed by atoms with Crippen molar-refractivity contribution in [2.24, 2.45) is 11.8 Å². The van der Waals surface area contributed by atoms with Crippen LogP contribution in [0, 0.1) is 11.8 Å². The Morgan fingerprint density at radius 2 is 1.74 bits per heavy atom. The Morgan fingerprint density at radius 3 is 2.11 bits per heavy atom. The Hall–Kier alpha value is -0.790. The fourth-order valence-electron chi connectivity index (χ4n) is 3.12. The standard InChI is InChI=1S/C17H33NO/c1-6-10-16(11-7-2)13-17(5,18-14-19)12-15(8-3)9-4/h8,14-16H,3,6-7,9-13H2,1-2,4-5H3,(H,18,19). The summed E-state index contributed by atoms with van der Waals surface area (Å²) in [5, 5.41) is 3.08. The summed E-state index contributed by atoms with van der Waals surface area (Å²) in [4.78, 5) is 10.9. The first kappa shape index (κ1) is 18.2. The summed E-state index contributed by atoms with van der Waals surface area (Å²) in [6.45, 7) is 12.8. The number of carbonyl (C=O) groups excluding carboxylic acids is 1. The summed E-state index contributed by atoms with van der Waals surface area (Å²) in [7, 11) is 0. The predicted octanol–water partition coefficient (Wildman–Crippen LogP) is 4.70. The first-order chi connectivity index (χ1) is 9.05. The quantitative estimate of drug-likeness (QED) is 0.403. The van der Waals surface area contributed by atoms with Gasteiger partial charge in [0.25, 0.3) is 0 Å². The number of hydrogen-bond acceptors (Lipinski definition) is 1. The van der Waals surface area contributed by atoms with Crippen LogP contribution in [0.25, 0.3) is 0 Å². The van der Waals surface area contributed by atoms with Crippen molar-refractivity contribution < 1.29 is 4.79 Å². The number of amides is 1. The van der Waals surface area contributed by atoms with Crippen LogP contribution in [-0.2, 0) is 4.79 Å². The molecule has 0 radical (unpaired) electrons. The molecule has 0 aliphatic rings. The molecule has 2 unspecified atom stereocenters. The van der Waals surface area contributed by atoms with Crippen LogP contribution >= 0.6 is 0 Å². The van der Waals surface area contributed by atoms with Gasteiger partial charge < -0.3 is 5.32 Å². The Kier molecular flexibility index (Phi) is 9.63. The molecule has 0 aromatic rings. The molecule has 0 saturated carbocycles. The van der Waals surface area contributed by atoms with E-state index in [4.69, 9.17) is 0 Å². The van der Waals surface area contributed by atoms with Crippen LogP contribution in [0.2, 0.25) is 0 Å². The molecule has 112 valence electrons. The van der Waals surface area contributed by atoms with Gasteiger partial charge in [0.1, 0.15) is 0 Å².